The summed E-state index contributed by atoms with van der Waals surface area (Å²) in [7, 11) is -2.67. The topological polar surface area (TPSA) is 43.4 Å². The molecule has 0 radical (unpaired) electrons. The first kappa shape index (κ1) is 11.9. The molecule has 0 aromatic carbocycles. The van der Waals surface area contributed by atoms with Gasteiger partial charge in [0.15, 0.2) is 0 Å². The van der Waals surface area contributed by atoms with Crippen LogP contribution in [-0.2, 0) is 15.2 Å². The normalized spacial score (nSPS) is 13.6. The van der Waals surface area contributed by atoms with Gasteiger partial charge in [0.25, 0.3) is 11.0 Å². The van der Waals surface area contributed by atoms with E-state index in [1.807, 2.05) is 6.92 Å². The summed E-state index contributed by atoms with van der Waals surface area (Å²) in [5.41, 5.74) is 0. The summed E-state index contributed by atoms with van der Waals surface area (Å²) < 4.78 is 25.1. The molecule has 3 nitrogen and oxygen atoms in total. The largest absolute Gasteiger partial charge is 0.269 e. The van der Waals surface area contributed by atoms with E-state index >= 15 is 0 Å². The van der Waals surface area contributed by atoms with Gasteiger partial charge in [-0.3, -0.25) is 4.18 Å². The Kier molecular flexibility index (Phi) is 7.50. The van der Waals surface area contributed by atoms with E-state index in [0.29, 0.717) is 0 Å². The van der Waals surface area contributed by atoms with Gasteiger partial charge in [-0.05, 0) is 12.8 Å². The lowest BCUT2D eigenvalue weighted by molar-refractivity contribution is 0.199. The highest BCUT2D eigenvalue weighted by molar-refractivity contribution is 7.67. The van der Waals surface area contributed by atoms with Crippen LogP contribution in [0.4, 0.5) is 0 Å². The average molecular weight is 194 g/mol. The first-order valence-corrected chi connectivity index (χ1v) is 5.61. The molecule has 12 heavy (non-hydrogen) atoms. The fourth-order valence-electron chi connectivity index (χ4n) is 1.08. The summed E-state index contributed by atoms with van der Waals surface area (Å²) in [5.74, 6) is 0. The number of thiol groups is 1. The van der Waals surface area contributed by atoms with Gasteiger partial charge in [0.2, 0.25) is 0 Å². The van der Waals surface area contributed by atoms with Gasteiger partial charge in [0, 0.05) is 0 Å². The number of hydrogen-bond acceptors (Lipinski definition) is 3. The summed E-state index contributed by atoms with van der Waals surface area (Å²) in [6.45, 7) is 4.06. The van der Waals surface area contributed by atoms with E-state index < -0.39 is 11.0 Å². The zero-order valence-corrected chi connectivity index (χ0v) is 8.68. The fourth-order valence-corrected chi connectivity index (χ4v) is 1.57. The van der Waals surface area contributed by atoms with Gasteiger partial charge in [-0.2, -0.15) is 0 Å². The van der Waals surface area contributed by atoms with Crippen LogP contribution in [0.1, 0.15) is 46.0 Å². The molecule has 0 rings (SSSR count). The Balaban J connectivity index is 3.53. The molecule has 1 atom stereocenters. The van der Waals surface area contributed by atoms with Crippen LogP contribution in [0, 0.1) is 0 Å². The molecule has 0 amide bonds. The van der Waals surface area contributed by atoms with Gasteiger partial charge >= 0.3 is 0 Å². The third-order valence-corrected chi connectivity index (χ3v) is 2.29. The van der Waals surface area contributed by atoms with E-state index in [1.54, 1.807) is 0 Å². The lowest BCUT2D eigenvalue weighted by Gasteiger charge is -2.10. The summed E-state index contributed by atoms with van der Waals surface area (Å²) in [6.07, 6.45) is 4.88. The van der Waals surface area contributed by atoms with Crippen LogP contribution in [0.15, 0.2) is 0 Å². The summed E-state index contributed by atoms with van der Waals surface area (Å²) in [4.78, 5) is 0. The Morgan fingerprint density at radius 2 is 1.92 bits per heavy atom. The molecule has 0 saturated carbocycles. The second-order valence-electron chi connectivity index (χ2n) is 2.86. The van der Waals surface area contributed by atoms with Crippen LogP contribution >= 0.6 is 0 Å². The maximum Gasteiger partial charge on any atom is 0.257 e. The maximum atomic E-state index is 10.2. The van der Waals surface area contributed by atoms with Gasteiger partial charge in [-0.15, -0.1) is 0 Å². The monoisotopic (exact) mass is 194 g/mol. The summed E-state index contributed by atoms with van der Waals surface area (Å²) in [6, 6.07) is 0. The number of unbranched alkanes of at least 4 members (excludes halogenated alkanes) is 2. The van der Waals surface area contributed by atoms with E-state index in [2.05, 4.69) is 6.92 Å². The van der Waals surface area contributed by atoms with Crippen molar-refractivity contribution in [3.8, 4) is 0 Å². The van der Waals surface area contributed by atoms with Crippen LogP contribution in [0.25, 0.3) is 0 Å². The van der Waals surface area contributed by atoms with Crippen molar-refractivity contribution in [2.45, 2.75) is 52.1 Å². The van der Waals surface area contributed by atoms with E-state index in [0.717, 1.165) is 32.1 Å². The van der Waals surface area contributed by atoms with E-state index in [-0.39, 0.29) is 6.10 Å². The van der Waals surface area contributed by atoms with Crippen molar-refractivity contribution in [2.75, 3.05) is 0 Å². The molecule has 0 N–H and O–H groups in total. The molecule has 0 saturated heterocycles. The molecular weight excluding hydrogens is 176 g/mol. The van der Waals surface area contributed by atoms with Crippen molar-refractivity contribution in [3.05, 3.63) is 0 Å². The van der Waals surface area contributed by atoms with Gasteiger partial charge < -0.3 is 0 Å². The van der Waals surface area contributed by atoms with Crippen molar-refractivity contribution in [2.24, 2.45) is 0 Å². The maximum absolute atomic E-state index is 10.2. The number of rotatable bonds is 7. The standard InChI is InChI=1S/C8H18O3S/c1-3-5-6-7-8(4-2)11-12(9)10/h8,12H,3-7H2,1-2H3. The quantitative estimate of drug-likeness (QED) is 0.497. The zero-order chi connectivity index (χ0) is 9.40. The second-order valence-corrected chi connectivity index (χ2v) is 3.51. The van der Waals surface area contributed by atoms with Crippen LogP contribution in [0.5, 0.6) is 0 Å². The smallest absolute Gasteiger partial charge is 0.257 e. The van der Waals surface area contributed by atoms with Crippen LogP contribution in [0.2, 0.25) is 0 Å². The zero-order valence-electron chi connectivity index (χ0n) is 7.78. The van der Waals surface area contributed by atoms with E-state index in [9.17, 15) is 8.42 Å². The highest BCUT2D eigenvalue weighted by atomic mass is 32.2. The molecule has 0 spiro atoms. The van der Waals surface area contributed by atoms with Crippen LogP contribution in [0.3, 0.4) is 0 Å². The minimum Gasteiger partial charge on any atom is -0.269 e. The molecule has 0 heterocycles. The first-order valence-electron chi connectivity index (χ1n) is 4.51. The molecule has 0 bridgehead atoms. The van der Waals surface area contributed by atoms with Crippen molar-refractivity contribution >= 4 is 11.0 Å². The lowest BCUT2D eigenvalue weighted by Crippen LogP contribution is -2.10. The van der Waals surface area contributed by atoms with Crippen LogP contribution < -0.4 is 0 Å². The Hall–Kier alpha value is -0.0900. The van der Waals surface area contributed by atoms with Gasteiger partial charge in [0.05, 0.1) is 6.10 Å². The molecular formula is C8H18O3S. The van der Waals surface area contributed by atoms with Crippen molar-refractivity contribution < 1.29 is 12.6 Å². The fraction of sp³-hybridized carbons (Fsp3) is 1.00. The third kappa shape index (κ3) is 6.61. The van der Waals surface area contributed by atoms with Crippen LogP contribution in [-0.4, -0.2) is 14.5 Å². The Labute approximate surface area is 76.3 Å². The predicted octanol–water partition coefficient (Wildman–Crippen LogP) is 1.89. The first-order chi connectivity index (χ1) is 5.70. The minimum absolute atomic E-state index is 0.0994. The lowest BCUT2D eigenvalue weighted by atomic mass is 10.1. The molecule has 0 aromatic rings. The van der Waals surface area contributed by atoms with E-state index in [1.165, 1.54) is 0 Å². The average Bonchev–Trinajstić information content (AvgIpc) is 2.02. The Bertz CT molecular complexity index is 158. The van der Waals surface area contributed by atoms with Crippen molar-refractivity contribution in [1.29, 1.82) is 0 Å². The van der Waals surface area contributed by atoms with Gasteiger partial charge in [0.1, 0.15) is 0 Å². The summed E-state index contributed by atoms with van der Waals surface area (Å²) in [5, 5.41) is 0. The van der Waals surface area contributed by atoms with Crippen molar-refractivity contribution in [1.82, 2.24) is 0 Å². The van der Waals surface area contributed by atoms with Gasteiger partial charge in [-0.25, -0.2) is 8.42 Å². The summed E-state index contributed by atoms with van der Waals surface area (Å²) >= 11 is 0. The third-order valence-electron chi connectivity index (χ3n) is 1.82. The molecule has 0 aliphatic rings. The highest BCUT2D eigenvalue weighted by Crippen LogP contribution is 2.09. The SMILES string of the molecule is CCCCCC(CC)O[SH](=O)=O. The predicted molar refractivity (Wildman–Crippen MR) is 49.6 cm³/mol. The second kappa shape index (κ2) is 7.55. The minimum atomic E-state index is -2.67. The van der Waals surface area contributed by atoms with E-state index in [4.69, 9.17) is 4.18 Å². The highest BCUT2D eigenvalue weighted by Gasteiger charge is 2.06. The molecule has 0 fully saturated rings. The molecule has 0 aromatic heterocycles. The molecule has 4 heteroatoms. The Morgan fingerprint density at radius 3 is 2.33 bits per heavy atom. The molecule has 1 unspecified atom stereocenters. The number of hydrogen-bond donors (Lipinski definition) is 1. The Morgan fingerprint density at radius 1 is 1.25 bits per heavy atom. The van der Waals surface area contributed by atoms with Gasteiger partial charge in [-0.1, -0.05) is 33.1 Å². The molecule has 0 aliphatic heterocycles. The van der Waals surface area contributed by atoms with Crippen molar-refractivity contribution in [3.63, 3.8) is 0 Å². The molecule has 74 valence electrons. The molecule has 0 aliphatic carbocycles.